The summed E-state index contributed by atoms with van der Waals surface area (Å²) in [5.41, 5.74) is 3.44. The van der Waals surface area contributed by atoms with Crippen LogP contribution in [0.1, 0.15) is 21.9 Å². The molecule has 1 heterocycles. The summed E-state index contributed by atoms with van der Waals surface area (Å²) in [5.74, 6) is 0. The highest BCUT2D eigenvalue weighted by Crippen LogP contribution is 2.30. The van der Waals surface area contributed by atoms with Crippen molar-refractivity contribution >= 4 is 20.9 Å². The van der Waals surface area contributed by atoms with Gasteiger partial charge >= 0.3 is 0 Å². The number of aromatic amines is 1. The fourth-order valence-electron chi connectivity index (χ4n) is 3.00. The van der Waals surface area contributed by atoms with Crippen LogP contribution in [0.5, 0.6) is 0 Å². The average Bonchev–Trinajstić information content (AvgIpc) is 3.03. The van der Waals surface area contributed by atoms with Crippen LogP contribution in [0.2, 0.25) is 0 Å². The van der Waals surface area contributed by atoms with Crippen LogP contribution in [-0.2, 0) is 22.9 Å². The van der Waals surface area contributed by atoms with E-state index < -0.39 is 15.3 Å². The number of hydrogen-bond acceptors (Lipinski definition) is 3. The number of nitrogens with one attached hydrogen (secondary N) is 2. The zero-order chi connectivity index (χ0) is 17.9. The van der Waals surface area contributed by atoms with Crippen molar-refractivity contribution < 1.29 is 8.42 Å². The Morgan fingerprint density at radius 3 is 2.64 bits per heavy atom. The van der Waals surface area contributed by atoms with Crippen molar-refractivity contribution in [1.82, 2.24) is 9.71 Å². The largest absolute Gasteiger partial charge is 0.361 e. The van der Waals surface area contributed by atoms with Gasteiger partial charge in [-0.25, -0.2) is 13.1 Å². The lowest BCUT2D eigenvalue weighted by molar-refractivity contribution is 0.572. The number of aromatic nitrogens is 1. The Morgan fingerprint density at radius 1 is 1.20 bits per heavy atom. The van der Waals surface area contributed by atoms with E-state index in [1.54, 1.807) is 6.20 Å². The number of H-pyrrole nitrogens is 1. The predicted octanol–water partition coefficient (Wildman–Crippen LogP) is 3.07. The molecule has 0 saturated heterocycles. The van der Waals surface area contributed by atoms with Gasteiger partial charge in [0.15, 0.2) is 0 Å². The number of nitriles is 1. The highest BCUT2D eigenvalue weighted by Gasteiger charge is 2.26. The first-order valence-electron chi connectivity index (χ1n) is 7.98. The third-order valence-electron chi connectivity index (χ3n) is 4.36. The van der Waals surface area contributed by atoms with Crippen molar-refractivity contribution in [2.45, 2.75) is 18.1 Å². The molecular formula is C19H19N3O2S. The summed E-state index contributed by atoms with van der Waals surface area (Å²) < 4.78 is 27.7. The fourth-order valence-corrected chi connectivity index (χ4v) is 4.21. The molecule has 128 valence electrons. The van der Waals surface area contributed by atoms with Gasteiger partial charge in [-0.2, -0.15) is 5.26 Å². The van der Waals surface area contributed by atoms with E-state index in [-0.39, 0.29) is 6.42 Å². The molecule has 2 aromatic carbocycles. The molecule has 25 heavy (non-hydrogen) atoms. The maximum atomic E-state index is 12.6. The third-order valence-corrected chi connectivity index (χ3v) is 6.11. The molecule has 0 radical (unpaired) electrons. The lowest BCUT2D eigenvalue weighted by atomic mass is 10.0. The molecule has 0 aliphatic rings. The Labute approximate surface area is 147 Å². The maximum absolute atomic E-state index is 12.6. The van der Waals surface area contributed by atoms with E-state index >= 15 is 0 Å². The van der Waals surface area contributed by atoms with Crippen molar-refractivity contribution in [3.63, 3.8) is 0 Å². The molecule has 1 unspecified atom stereocenters. The Bertz CT molecular complexity index is 1020. The van der Waals surface area contributed by atoms with Crippen LogP contribution in [0.3, 0.4) is 0 Å². The molecule has 1 atom stereocenters. The first-order valence-corrected chi connectivity index (χ1v) is 9.53. The number of benzene rings is 2. The molecule has 1 aromatic heterocycles. The van der Waals surface area contributed by atoms with Gasteiger partial charge < -0.3 is 4.98 Å². The second-order valence-corrected chi connectivity index (χ2v) is 7.95. The summed E-state index contributed by atoms with van der Waals surface area (Å²) in [6, 6.07) is 17.3. The summed E-state index contributed by atoms with van der Waals surface area (Å²) in [7, 11) is -2.08. The van der Waals surface area contributed by atoms with Gasteiger partial charge in [0.25, 0.3) is 0 Å². The quantitative estimate of drug-likeness (QED) is 0.714. The highest BCUT2D eigenvalue weighted by molar-refractivity contribution is 7.89. The zero-order valence-electron chi connectivity index (χ0n) is 13.9. The summed E-state index contributed by atoms with van der Waals surface area (Å²) in [4.78, 5) is 3.13. The second kappa shape index (κ2) is 7.09. The van der Waals surface area contributed by atoms with Gasteiger partial charge in [-0.05, 0) is 42.3 Å². The van der Waals surface area contributed by atoms with Gasteiger partial charge in [0.05, 0.1) is 12.5 Å². The van der Waals surface area contributed by atoms with E-state index in [1.165, 1.54) is 7.05 Å². The topological polar surface area (TPSA) is 85.8 Å². The molecule has 3 rings (SSSR count). The smallest absolute Gasteiger partial charge is 0.218 e. The van der Waals surface area contributed by atoms with E-state index in [2.05, 4.69) is 15.8 Å². The number of rotatable bonds is 6. The lowest BCUT2D eigenvalue weighted by Crippen LogP contribution is -2.27. The summed E-state index contributed by atoms with van der Waals surface area (Å²) in [6.07, 6.45) is 2.47. The first-order chi connectivity index (χ1) is 12.0. The number of fused-ring (bicyclic) bond motifs is 1. The number of nitrogens with zero attached hydrogens (tertiary/aromatic N) is 1. The molecule has 0 saturated carbocycles. The Morgan fingerprint density at radius 2 is 1.96 bits per heavy atom. The summed E-state index contributed by atoms with van der Waals surface area (Å²) in [5, 5.41) is 9.16. The summed E-state index contributed by atoms with van der Waals surface area (Å²) >= 11 is 0. The lowest BCUT2D eigenvalue weighted by Gasteiger charge is -2.18. The predicted molar refractivity (Wildman–Crippen MR) is 98.5 cm³/mol. The number of sulfonamides is 1. The van der Waals surface area contributed by atoms with Crippen molar-refractivity contribution in [2.75, 3.05) is 7.05 Å². The van der Waals surface area contributed by atoms with E-state index in [0.29, 0.717) is 12.0 Å². The van der Waals surface area contributed by atoms with Gasteiger partial charge in [-0.15, -0.1) is 0 Å². The molecule has 0 bridgehead atoms. The molecule has 0 aliphatic carbocycles. The average molecular weight is 353 g/mol. The Hall–Kier alpha value is -2.62. The van der Waals surface area contributed by atoms with Crippen molar-refractivity contribution in [1.29, 1.82) is 5.26 Å². The van der Waals surface area contributed by atoms with Gasteiger partial charge in [0.1, 0.15) is 5.25 Å². The molecule has 0 spiro atoms. The molecule has 2 N–H and O–H groups in total. The van der Waals surface area contributed by atoms with Crippen molar-refractivity contribution in [3.8, 4) is 6.07 Å². The van der Waals surface area contributed by atoms with Crippen LogP contribution in [0.15, 0.2) is 54.7 Å². The standard InChI is InChI=1S/C19H19N3O2S/c1-21-25(23,24)19(11-14-5-3-2-4-6-14)15-7-8-18-17(12-15)16(9-10-20)13-22-18/h2-8,12-13,19,21-22H,9,11H2,1H3. The van der Waals surface area contributed by atoms with E-state index in [1.807, 2.05) is 48.5 Å². The molecule has 3 aromatic rings. The van der Waals surface area contributed by atoms with Crippen LogP contribution in [0.4, 0.5) is 0 Å². The summed E-state index contributed by atoms with van der Waals surface area (Å²) in [6.45, 7) is 0. The minimum absolute atomic E-state index is 0.283. The highest BCUT2D eigenvalue weighted by atomic mass is 32.2. The normalized spacial score (nSPS) is 12.8. The van der Waals surface area contributed by atoms with Gasteiger partial charge in [-0.1, -0.05) is 36.4 Å². The minimum atomic E-state index is -3.51. The molecule has 0 amide bonds. The fraction of sp³-hybridized carbons (Fsp3) is 0.211. The van der Waals surface area contributed by atoms with E-state index in [4.69, 9.17) is 5.26 Å². The molecular weight excluding hydrogens is 334 g/mol. The van der Waals surface area contributed by atoms with Crippen LogP contribution in [0.25, 0.3) is 10.9 Å². The zero-order valence-corrected chi connectivity index (χ0v) is 14.7. The van der Waals surface area contributed by atoms with Gasteiger partial charge in [0.2, 0.25) is 10.0 Å². The maximum Gasteiger partial charge on any atom is 0.218 e. The Kier molecular flexibility index (Phi) is 4.88. The van der Waals surface area contributed by atoms with Gasteiger partial charge in [-0.3, -0.25) is 0 Å². The molecule has 0 aliphatic heterocycles. The molecule has 0 fully saturated rings. The van der Waals surface area contributed by atoms with Crippen LogP contribution in [0, 0.1) is 11.3 Å². The van der Waals surface area contributed by atoms with Crippen LogP contribution in [-0.4, -0.2) is 20.4 Å². The Balaban J connectivity index is 2.08. The van der Waals surface area contributed by atoms with Crippen molar-refractivity contribution in [2.24, 2.45) is 0 Å². The number of hydrogen-bond donors (Lipinski definition) is 2. The monoisotopic (exact) mass is 353 g/mol. The van der Waals surface area contributed by atoms with Crippen molar-refractivity contribution in [3.05, 3.63) is 71.4 Å². The first kappa shape index (κ1) is 17.2. The van der Waals surface area contributed by atoms with Crippen LogP contribution >= 0.6 is 0 Å². The molecule has 5 nitrogen and oxygen atoms in total. The third kappa shape index (κ3) is 3.58. The van der Waals surface area contributed by atoms with E-state index in [0.717, 1.165) is 22.0 Å². The SMILES string of the molecule is CNS(=O)(=O)C(Cc1ccccc1)c1ccc2[nH]cc(CC#N)c2c1. The van der Waals surface area contributed by atoms with Gasteiger partial charge in [0, 0.05) is 17.1 Å². The molecule has 6 heteroatoms. The second-order valence-electron chi connectivity index (χ2n) is 5.88. The minimum Gasteiger partial charge on any atom is -0.361 e. The van der Waals surface area contributed by atoms with Crippen LogP contribution < -0.4 is 4.72 Å². The van der Waals surface area contributed by atoms with E-state index in [9.17, 15) is 8.42 Å².